The fourth-order valence-electron chi connectivity index (χ4n) is 8.42. The monoisotopic (exact) mass is 802 g/mol. The normalized spacial score (nSPS) is 18.8. The van der Waals surface area contributed by atoms with E-state index in [1.807, 2.05) is 24.9 Å². The van der Waals surface area contributed by atoms with Crippen molar-refractivity contribution in [3.05, 3.63) is 84.7 Å². The van der Waals surface area contributed by atoms with E-state index in [4.69, 9.17) is 9.72 Å². The number of nitrogens with zero attached hydrogens (tertiary/aromatic N) is 4. The first kappa shape index (κ1) is 41.0. The third kappa shape index (κ3) is 9.11. The number of amides is 4. The number of fused-ring (bicyclic) bond motifs is 1. The molecule has 7 rings (SSSR count). The highest BCUT2D eigenvalue weighted by Crippen LogP contribution is 2.34. The number of hydrogen-bond donors (Lipinski definition) is 4. The molecule has 59 heavy (non-hydrogen) atoms. The second-order valence-electron chi connectivity index (χ2n) is 16.2. The van der Waals surface area contributed by atoms with Gasteiger partial charge in [-0.1, -0.05) is 69.3 Å². The van der Waals surface area contributed by atoms with E-state index in [9.17, 15) is 19.2 Å². The molecule has 2 aromatic heterocycles. The lowest BCUT2D eigenvalue weighted by molar-refractivity contribution is -0.137. The molecule has 3 heterocycles. The average molecular weight is 803 g/mol. The molecule has 4 amide bonds. The Morgan fingerprint density at radius 3 is 2.10 bits per heavy atom. The van der Waals surface area contributed by atoms with E-state index in [2.05, 4.69) is 97.9 Å². The van der Waals surface area contributed by atoms with E-state index >= 15 is 0 Å². The van der Waals surface area contributed by atoms with Crippen molar-refractivity contribution in [1.29, 1.82) is 0 Å². The largest absolute Gasteiger partial charge is 0.453 e. The van der Waals surface area contributed by atoms with Crippen LogP contribution >= 0.6 is 0 Å². The number of imidazole rings is 2. The van der Waals surface area contributed by atoms with E-state index in [-0.39, 0.29) is 29.8 Å². The molecule has 0 unspecified atom stereocenters. The number of hydrogen-bond acceptors (Lipinski definition) is 8. The van der Waals surface area contributed by atoms with E-state index in [0.29, 0.717) is 24.8 Å². The molecule has 5 atom stereocenters. The van der Waals surface area contributed by atoms with Crippen LogP contribution in [0.3, 0.4) is 0 Å². The van der Waals surface area contributed by atoms with Gasteiger partial charge >= 0.3 is 12.2 Å². The summed E-state index contributed by atoms with van der Waals surface area (Å²) in [5, 5.41) is 7.51. The second kappa shape index (κ2) is 17.8. The van der Waals surface area contributed by atoms with Gasteiger partial charge in [-0.2, -0.15) is 0 Å². The average Bonchev–Trinajstić information content (AvgIpc) is 4.09. The van der Waals surface area contributed by atoms with Gasteiger partial charge in [0.05, 0.1) is 50.6 Å². The third-order valence-electron chi connectivity index (χ3n) is 11.7. The molecule has 14 nitrogen and oxygen atoms in total. The Hall–Kier alpha value is -6.18. The number of methoxy groups -OCH3 is 2. The van der Waals surface area contributed by atoms with Crippen LogP contribution in [0, 0.1) is 11.8 Å². The summed E-state index contributed by atoms with van der Waals surface area (Å²) in [7, 11) is 2.58. The molecular formula is C45H54N8O6. The van der Waals surface area contributed by atoms with Crippen LogP contribution in [0.25, 0.3) is 44.4 Å². The molecule has 2 aliphatic rings. The van der Waals surface area contributed by atoms with Crippen LogP contribution in [0.4, 0.5) is 9.59 Å². The number of benzene rings is 3. The molecule has 0 spiro atoms. The Bertz CT molecular complexity index is 2300. The van der Waals surface area contributed by atoms with Crippen molar-refractivity contribution in [2.45, 2.75) is 90.5 Å². The first-order valence-corrected chi connectivity index (χ1v) is 20.5. The van der Waals surface area contributed by atoms with Gasteiger partial charge in [-0.15, -0.1) is 0 Å². The second-order valence-corrected chi connectivity index (χ2v) is 16.2. The number of carbonyl (C=O) groups excluding carboxylic acids is 4. The predicted octanol–water partition coefficient (Wildman–Crippen LogP) is 7.59. The molecule has 1 saturated carbocycles. The minimum atomic E-state index is -0.706. The van der Waals surface area contributed by atoms with Crippen LogP contribution in [0.2, 0.25) is 0 Å². The van der Waals surface area contributed by atoms with Crippen molar-refractivity contribution >= 4 is 34.8 Å². The van der Waals surface area contributed by atoms with E-state index in [1.165, 1.54) is 14.2 Å². The Kier molecular flexibility index (Phi) is 12.3. The maximum Gasteiger partial charge on any atom is 0.407 e. The Balaban J connectivity index is 1.03. The molecule has 0 radical (unpaired) electrons. The van der Waals surface area contributed by atoms with Gasteiger partial charge in [0.15, 0.2) is 0 Å². The highest BCUT2D eigenvalue weighted by molar-refractivity contribution is 5.91. The minimum absolute atomic E-state index is 0.0664. The summed E-state index contributed by atoms with van der Waals surface area (Å²) in [4.78, 5) is 70.8. The van der Waals surface area contributed by atoms with Gasteiger partial charge in [0.2, 0.25) is 11.8 Å². The first-order valence-electron chi connectivity index (χ1n) is 20.5. The molecule has 0 bridgehead atoms. The van der Waals surface area contributed by atoms with Crippen molar-refractivity contribution in [3.63, 3.8) is 0 Å². The van der Waals surface area contributed by atoms with E-state index in [1.54, 1.807) is 18.0 Å². The van der Waals surface area contributed by atoms with Crippen LogP contribution in [0.15, 0.2) is 73.1 Å². The maximum atomic E-state index is 14.0. The lowest BCUT2D eigenvalue weighted by Gasteiger charge is -2.33. The summed E-state index contributed by atoms with van der Waals surface area (Å²) < 4.78 is 9.49. The lowest BCUT2D eigenvalue weighted by Crippen LogP contribution is -2.53. The van der Waals surface area contributed by atoms with Crippen LogP contribution in [0.5, 0.6) is 0 Å². The fourth-order valence-corrected chi connectivity index (χ4v) is 8.42. The van der Waals surface area contributed by atoms with Crippen LogP contribution in [-0.4, -0.2) is 92.6 Å². The van der Waals surface area contributed by atoms with Gasteiger partial charge in [0, 0.05) is 18.2 Å². The van der Waals surface area contributed by atoms with Crippen LogP contribution in [-0.2, 0) is 25.6 Å². The highest BCUT2D eigenvalue weighted by Gasteiger charge is 2.37. The summed E-state index contributed by atoms with van der Waals surface area (Å²) in [5.74, 6) is 1.52. The molecule has 3 aromatic carbocycles. The standard InChI is InChI=1S/C45H54N8O6/c1-26(2)40(51-45(57)59-6)43(55)53(35-18-9-27(3)20-35)25-39-46-23-37(49-39)34-17-16-32-21-31(14-15-33(32)22-34)29-10-12-30(13-11-29)36-24-47-41(50-36)38-8-7-19-52(38)42(54)28(4)48-44(56)58-5/h10-17,21-24,26-28,35,38,40H,7-9,18-20,25H2,1-6H3,(H,46,49)(H,47,50)(H,48,56)(H,51,57)/t27-,28-,35+,38-,40-/m0/s1. The van der Waals surface area contributed by atoms with Gasteiger partial charge in [0.1, 0.15) is 23.7 Å². The SMILES string of the molecule is COC(=O)N[C@@H](C)C(=O)N1CCC[C@H]1c1ncc(-c2ccc(-c3ccc4cc(-c5cnc(CN(C(=O)[C@@H](NC(=O)OC)C(C)C)[C@@H]6CC[C@H](C)C6)[nH]5)ccc4c3)cc2)[nH]1. The summed E-state index contributed by atoms with van der Waals surface area (Å²) in [5.41, 5.74) is 5.87. The maximum absolute atomic E-state index is 14.0. The van der Waals surface area contributed by atoms with Gasteiger partial charge in [0.25, 0.3) is 0 Å². The third-order valence-corrected chi connectivity index (χ3v) is 11.7. The lowest BCUT2D eigenvalue weighted by atomic mass is 9.98. The smallest absolute Gasteiger partial charge is 0.407 e. The first-order chi connectivity index (χ1) is 28.4. The molecule has 310 valence electrons. The number of aromatic amines is 2. The minimum Gasteiger partial charge on any atom is -0.453 e. The Morgan fingerprint density at radius 1 is 0.797 bits per heavy atom. The van der Waals surface area contributed by atoms with Gasteiger partial charge in [-0.05, 0) is 90.5 Å². The zero-order chi connectivity index (χ0) is 41.8. The molecule has 5 aromatic rings. The van der Waals surface area contributed by atoms with E-state index in [0.717, 1.165) is 82.3 Å². The topological polar surface area (TPSA) is 175 Å². The van der Waals surface area contributed by atoms with Crippen molar-refractivity contribution in [1.82, 2.24) is 40.4 Å². The molecule has 4 N–H and O–H groups in total. The number of alkyl carbamates (subject to hydrolysis) is 2. The number of nitrogens with one attached hydrogen (secondary N) is 4. The molecule has 1 aliphatic heterocycles. The summed E-state index contributed by atoms with van der Waals surface area (Å²) >= 11 is 0. The highest BCUT2D eigenvalue weighted by atomic mass is 16.5. The number of rotatable bonds is 12. The van der Waals surface area contributed by atoms with Crippen molar-refractivity contribution in [2.24, 2.45) is 11.8 Å². The number of H-pyrrole nitrogens is 2. The van der Waals surface area contributed by atoms with Gasteiger partial charge in [-0.25, -0.2) is 19.6 Å². The molecule has 1 aliphatic carbocycles. The van der Waals surface area contributed by atoms with Crippen LogP contribution in [0.1, 0.15) is 77.5 Å². The molecule has 2 fully saturated rings. The van der Waals surface area contributed by atoms with E-state index < -0.39 is 24.3 Å². The number of aromatic nitrogens is 4. The summed E-state index contributed by atoms with van der Waals surface area (Å²) in [6.07, 6.45) is 6.87. The quantitative estimate of drug-likeness (QED) is 0.0998. The van der Waals surface area contributed by atoms with Crippen LogP contribution < -0.4 is 10.6 Å². The Labute approximate surface area is 344 Å². The number of carbonyl (C=O) groups is 4. The Morgan fingerprint density at radius 2 is 1.42 bits per heavy atom. The zero-order valence-electron chi connectivity index (χ0n) is 34.6. The summed E-state index contributed by atoms with van der Waals surface area (Å²) in [6.45, 7) is 8.63. The molecular weight excluding hydrogens is 749 g/mol. The van der Waals surface area contributed by atoms with Crippen molar-refractivity contribution < 1.29 is 28.7 Å². The fraction of sp³-hybridized carbons (Fsp3) is 0.422. The number of likely N-dealkylation sites (tertiary alicyclic amines) is 1. The zero-order valence-corrected chi connectivity index (χ0v) is 34.6. The molecule has 1 saturated heterocycles. The molecule has 14 heteroatoms. The van der Waals surface area contributed by atoms with Gasteiger partial charge in [-0.3, -0.25) is 9.59 Å². The van der Waals surface area contributed by atoms with Gasteiger partial charge < -0.3 is 39.9 Å². The number of ether oxygens (including phenoxy) is 2. The van der Waals surface area contributed by atoms with Crippen molar-refractivity contribution in [2.75, 3.05) is 20.8 Å². The predicted molar refractivity (Wildman–Crippen MR) is 225 cm³/mol. The summed E-state index contributed by atoms with van der Waals surface area (Å²) in [6, 6.07) is 19.5. The van der Waals surface area contributed by atoms with Crippen molar-refractivity contribution in [3.8, 4) is 33.6 Å².